The Hall–Kier alpha value is -2.15. The Morgan fingerprint density at radius 3 is 2.81 bits per heavy atom. The van der Waals surface area contributed by atoms with Gasteiger partial charge in [0, 0.05) is 18.0 Å². The van der Waals surface area contributed by atoms with Crippen LogP contribution in [0.1, 0.15) is 12.5 Å². The fourth-order valence-electron chi connectivity index (χ4n) is 1.93. The molecule has 0 unspecified atom stereocenters. The second-order valence-electron chi connectivity index (χ2n) is 3.50. The molecule has 0 aliphatic heterocycles. The van der Waals surface area contributed by atoms with Gasteiger partial charge < -0.3 is 15.0 Å². The molecule has 1 aromatic carbocycles. The molecule has 1 aromatic heterocycles. The summed E-state index contributed by atoms with van der Waals surface area (Å²) in [5.74, 6) is 1.29. The van der Waals surface area contributed by atoms with Crippen molar-refractivity contribution in [2.24, 2.45) is 0 Å². The van der Waals surface area contributed by atoms with Gasteiger partial charge in [-0.15, -0.1) is 0 Å². The Morgan fingerprint density at radius 2 is 2.25 bits per heavy atom. The van der Waals surface area contributed by atoms with Crippen LogP contribution >= 0.6 is 0 Å². The van der Waals surface area contributed by atoms with Crippen molar-refractivity contribution >= 4 is 16.7 Å². The van der Waals surface area contributed by atoms with Crippen molar-refractivity contribution in [2.45, 2.75) is 13.5 Å². The minimum atomic E-state index is 0.522. The summed E-state index contributed by atoms with van der Waals surface area (Å²) in [6.07, 6.45) is 0. The molecule has 0 aliphatic carbocycles. The standard InChI is InChI=1S/C12H13N3O/c1-3-15-11-6-8(16-2)4-5-9(11)10(7-13)12(15)14/h4-6H,3,14H2,1-2H3. The van der Waals surface area contributed by atoms with Gasteiger partial charge in [-0.3, -0.25) is 0 Å². The number of ether oxygens (including phenoxy) is 1. The van der Waals surface area contributed by atoms with E-state index in [1.165, 1.54) is 0 Å². The van der Waals surface area contributed by atoms with Gasteiger partial charge >= 0.3 is 0 Å². The monoisotopic (exact) mass is 215 g/mol. The second-order valence-corrected chi connectivity index (χ2v) is 3.50. The first kappa shape index (κ1) is 10.4. The van der Waals surface area contributed by atoms with E-state index in [-0.39, 0.29) is 0 Å². The van der Waals surface area contributed by atoms with E-state index in [0.29, 0.717) is 11.4 Å². The van der Waals surface area contributed by atoms with Gasteiger partial charge in [-0.2, -0.15) is 5.26 Å². The molecule has 4 heteroatoms. The zero-order valence-electron chi connectivity index (χ0n) is 9.32. The number of aromatic nitrogens is 1. The number of benzene rings is 1. The quantitative estimate of drug-likeness (QED) is 0.834. The summed E-state index contributed by atoms with van der Waals surface area (Å²) < 4.78 is 7.08. The number of anilines is 1. The Bertz CT molecular complexity index is 578. The van der Waals surface area contributed by atoms with Crippen molar-refractivity contribution in [2.75, 3.05) is 12.8 Å². The molecular formula is C12H13N3O. The summed E-state index contributed by atoms with van der Waals surface area (Å²) in [7, 11) is 1.62. The molecule has 0 saturated carbocycles. The van der Waals surface area contributed by atoms with E-state index in [1.54, 1.807) is 7.11 Å². The van der Waals surface area contributed by atoms with Crippen LogP contribution in [0.25, 0.3) is 10.9 Å². The van der Waals surface area contributed by atoms with Gasteiger partial charge in [0.25, 0.3) is 0 Å². The van der Waals surface area contributed by atoms with Crippen molar-refractivity contribution in [1.82, 2.24) is 4.57 Å². The fraction of sp³-hybridized carbons (Fsp3) is 0.250. The van der Waals surface area contributed by atoms with E-state index in [1.807, 2.05) is 29.7 Å². The Labute approximate surface area is 93.8 Å². The third-order valence-electron chi connectivity index (χ3n) is 2.74. The van der Waals surface area contributed by atoms with Crippen LogP contribution in [0, 0.1) is 11.3 Å². The average Bonchev–Trinajstić information content (AvgIpc) is 2.59. The molecule has 1 heterocycles. The molecule has 0 radical (unpaired) electrons. The average molecular weight is 215 g/mol. The van der Waals surface area contributed by atoms with Crippen molar-refractivity contribution in [3.05, 3.63) is 23.8 Å². The topological polar surface area (TPSA) is 64.0 Å². The molecular weight excluding hydrogens is 202 g/mol. The maximum Gasteiger partial charge on any atom is 0.122 e. The highest BCUT2D eigenvalue weighted by Gasteiger charge is 2.13. The normalized spacial score (nSPS) is 10.3. The van der Waals surface area contributed by atoms with Crippen LogP contribution in [0.4, 0.5) is 5.82 Å². The van der Waals surface area contributed by atoms with E-state index in [9.17, 15) is 0 Å². The molecule has 0 saturated heterocycles. The molecule has 0 fully saturated rings. The lowest BCUT2D eigenvalue weighted by molar-refractivity contribution is 0.415. The number of aryl methyl sites for hydroxylation is 1. The molecule has 82 valence electrons. The number of hydrogen-bond acceptors (Lipinski definition) is 3. The highest BCUT2D eigenvalue weighted by Crippen LogP contribution is 2.30. The smallest absolute Gasteiger partial charge is 0.122 e. The third kappa shape index (κ3) is 1.29. The number of nitrogens with zero attached hydrogens (tertiary/aromatic N) is 2. The van der Waals surface area contributed by atoms with Gasteiger partial charge in [-0.25, -0.2) is 0 Å². The number of fused-ring (bicyclic) bond motifs is 1. The van der Waals surface area contributed by atoms with Gasteiger partial charge in [0.15, 0.2) is 0 Å². The highest BCUT2D eigenvalue weighted by molar-refractivity contribution is 5.92. The Morgan fingerprint density at radius 1 is 1.50 bits per heavy atom. The van der Waals surface area contributed by atoms with Crippen molar-refractivity contribution in [3.63, 3.8) is 0 Å². The fourth-order valence-corrected chi connectivity index (χ4v) is 1.93. The predicted octanol–water partition coefficient (Wildman–Crippen LogP) is 2.12. The minimum absolute atomic E-state index is 0.522. The molecule has 0 amide bonds. The number of rotatable bonds is 2. The number of methoxy groups -OCH3 is 1. The summed E-state index contributed by atoms with van der Waals surface area (Å²) >= 11 is 0. The lowest BCUT2D eigenvalue weighted by Gasteiger charge is -2.04. The largest absolute Gasteiger partial charge is 0.497 e. The van der Waals surface area contributed by atoms with Crippen molar-refractivity contribution < 1.29 is 4.74 Å². The van der Waals surface area contributed by atoms with E-state index < -0.39 is 0 Å². The molecule has 2 N–H and O–H groups in total. The highest BCUT2D eigenvalue weighted by atomic mass is 16.5. The maximum atomic E-state index is 9.08. The summed E-state index contributed by atoms with van der Waals surface area (Å²) in [6.45, 7) is 2.73. The lowest BCUT2D eigenvalue weighted by atomic mass is 10.2. The number of nitriles is 1. The summed E-state index contributed by atoms with van der Waals surface area (Å²) in [6, 6.07) is 7.75. The van der Waals surface area contributed by atoms with E-state index in [0.717, 1.165) is 23.2 Å². The van der Waals surface area contributed by atoms with Crippen LogP contribution in [0.15, 0.2) is 18.2 Å². The van der Waals surface area contributed by atoms with E-state index >= 15 is 0 Å². The van der Waals surface area contributed by atoms with E-state index in [2.05, 4.69) is 6.07 Å². The molecule has 2 aromatic rings. The molecule has 0 aliphatic rings. The first-order valence-electron chi connectivity index (χ1n) is 5.08. The predicted molar refractivity (Wildman–Crippen MR) is 63.3 cm³/mol. The summed E-state index contributed by atoms with van der Waals surface area (Å²) in [4.78, 5) is 0. The minimum Gasteiger partial charge on any atom is -0.497 e. The van der Waals surface area contributed by atoms with Gasteiger partial charge in [-0.1, -0.05) is 0 Å². The van der Waals surface area contributed by atoms with Crippen LogP contribution in [0.3, 0.4) is 0 Å². The molecule has 0 atom stereocenters. The lowest BCUT2D eigenvalue weighted by Crippen LogP contribution is -2.00. The molecule has 0 bridgehead atoms. The van der Waals surface area contributed by atoms with Crippen LogP contribution in [0.2, 0.25) is 0 Å². The van der Waals surface area contributed by atoms with Crippen LogP contribution in [-0.4, -0.2) is 11.7 Å². The Balaban J connectivity index is 2.85. The SMILES string of the molecule is CCn1c(N)c(C#N)c2ccc(OC)cc21. The van der Waals surface area contributed by atoms with Crippen molar-refractivity contribution in [1.29, 1.82) is 5.26 Å². The molecule has 4 nitrogen and oxygen atoms in total. The van der Waals surface area contributed by atoms with E-state index in [4.69, 9.17) is 15.7 Å². The van der Waals surface area contributed by atoms with Gasteiger partial charge in [0.1, 0.15) is 23.2 Å². The number of nitrogen functional groups attached to an aromatic ring is 1. The van der Waals surface area contributed by atoms with Gasteiger partial charge in [-0.05, 0) is 19.1 Å². The molecule has 16 heavy (non-hydrogen) atoms. The zero-order valence-corrected chi connectivity index (χ0v) is 9.32. The molecule has 2 rings (SSSR count). The van der Waals surface area contributed by atoms with Crippen LogP contribution in [-0.2, 0) is 6.54 Å². The Kier molecular flexibility index (Phi) is 2.45. The number of nitrogens with two attached hydrogens (primary N) is 1. The number of hydrogen-bond donors (Lipinski definition) is 1. The van der Waals surface area contributed by atoms with Gasteiger partial charge in [0.05, 0.1) is 12.6 Å². The first-order chi connectivity index (χ1) is 7.72. The van der Waals surface area contributed by atoms with Crippen LogP contribution in [0.5, 0.6) is 5.75 Å². The molecule has 0 spiro atoms. The van der Waals surface area contributed by atoms with Crippen LogP contribution < -0.4 is 10.5 Å². The summed E-state index contributed by atoms with van der Waals surface area (Å²) in [5.41, 5.74) is 7.41. The maximum absolute atomic E-state index is 9.08. The van der Waals surface area contributed by atoms with Gasteiger partial charge in [0.2, 0.25) is 0 Å². The zero-order chi connectivity index (χ0) is 11.7. The second kappa shape index (κ2) is 3.78. The third-order valence-corrected chi connectivity index (χ3v) is 2.74. The first-order valence-corrected chi connectivity index (χ1v) is 5.08. The van der Waals surface area contributed by atoms with Crippen molar-refractivity contribution in [3.8, 4) is 11.8 Å². The summed E-state index contributed by atoms with van der Waals surface area (Å²) in [5, 5.41) is 9.95.